The van der Waals surface area contributed by atoms with E-state index in [0.717, 1.165) is 0 Å². The Hall–Kier alpha value is -2.15. The zero-order chi connectivity index (χ0) is 21.7. The second-order valence-corrected chi connectivity index (χ2v) is 8.01. The summed E-state index contributed by atoms with van der Waals surface area (Å²) in [5.41, 5.74) is -0.346. The van der Waals surface area contributed by atoms with Gasteiger partial charge in [-0.25, -0.2) is 0 Å². The molecule has 0 fully saturated rings. The highest BCUT2D eigenvalue weighted by Crippen LogP contribution is 2.21. The Balaban J connectivity index is 4.97. The van der Waals surface area contributed by atoms with E-state index >= 15 is 0 Å². The molecular formula is C21H36N2O5. The molecule has 0 bridgehead atoms. The minimum atomic E-state index is -0.593. The van der Waals surface area contributed by atoms with Crippen molar-refractivity contribution in [2.24, 2.45) is 11.3 Å². The first-order valence-electron chi connectivity index (χ1n) is 9.63. The third-order valence-corrected chi connectivity index (χ3v) is 4.26. The maximum absolute atomic E-state index is 12.8. The summed E-state index contributed by atoms with van der Waals surface area (Å²) in [6, 6.07) is -0.781. The summed E-state index contributed by atoms with van der Waals surface area (Å²) < 4.78 is 5.29. The van der Waals surface area contributed by atoms with Gasteiger partial charge in [0, 0.05) is 18.9 Å². The number of esters is 1. The molecule has 0 rings (SSSR count). The van der Waals surface area contributed by atoms with Gasteiger partial charge in [-0.2, -0.15) is 0 Å². The lowest BCUT2D eigenvalue weighted by atomic mass is 9.86. The van der Waals surface area contributed by atoms with E-state index in [-0.39, 0.29) is 55.3 Å². The van der Waals surface area contributed by atoms with E-state index in [1.54, 1.807) is 19.1 Å². The normalized spacial score (nSPS) is 14.3. The van der Waals surface area contributed by atoms with Gasteiger partial charge in [0.15, 0.2) is 0 Å². The number of carbonyl (C=O) groups is 3. The first-order chi connectivity index (χ1) is 13.0. The van der Waals surface area contributed by atoms with Crippen LogP contribution in [-0.2, 0) is 19.1 Å². The molecule has 0 radical (unpaired) electrons. The van der Waals surface area contributed by atoms with Gasteiger partial charge in [-0.1, -0.05) is 32.9 Å². The summed E-state index contributed by atoms with van der Waals surface area (Å²) >= 11 is 0. The lowest BCUT2D eigenvalue weighted by molar-refractivity contribution is -0.146. The van der Waals surface area contributed by atoms with Gasteiger partial charge in [0.25, 0.3) is 0 Å². The smallest absolute Gasteiger partial charge is 0.306 e. The Labute approximate surface area is 168 Å². The molecule has 0 aromatic carbocycles. The van der Waals surface area contributed by atoms with Crippen molar-refractivity contribution in [1.82, 2.24) is 10.6 Å². The van der Waals surface area contributed by atoms with Crippen LogP contribution in [0.2, 0.25) is 0 Å². The van der Waals surface area contributed by atoms with Crippen LogP contribution in [0, 0.1) is 11.3 Å². The van der Waals surface area contributed by atoms with E-state index in [0.29, 0.717) is 12.8 Å². The highest BCUT2D eigenvalue weighted by molar-refractivity contribution is 5.86. The molecule has 0 heterocycles. The van der Waals surface area contributed by atoms with E-state index in [9.17, 15) is 14.4 Å². The summed E-state index contributed by atoms with van der Waals surface area (Å²) in [6.07, 6.45) is 4.34. The van der Waals surface area contributed by atoms with Gasteiger partial charge < -0.3 is 20.5 Å². The van der Waals surface area contributed by atoms with Gasteiger partial charge in [-0.3, -0.25) is 14.4 Å². The molecule has 0 saturated heterocycles. The van der Waals surface area contributed by atoms with Gasteiger partial charge in [-0.05, 0) is 25.2 Å². The van der Waals surface area contributed by atoms with Crippen molar-refractivity contribution in [1.29, 1.82) is 0 Å². The Morgan fingerprint density at radius 2 is 1.79 bits per heavy atom. The highest BCUT2D eigenvalue weighted by atomic mass is 16.5. The number of aliphatic hydroxyl groups excluding tert-OH is 1. The quantitative estimate of drug-likeness (QED) is 0.327. The lowest BCUT2D eigenvalue weighted by Crippen LogP contribution is -2.49. The van der Waals surface area contributed by atoms with Gasteiger partial charge in [0.1, 0.15) is 6.61 Å². The Morgan fingerprint density at radius 1 is 1.14 bits per heavy atom. The predicted molar refractivity (Wildman–Crippen MR) is 109 cm³/mol. The fourth-order valence-electron chi connectivity index (χ4n) is 2.35. The standard InChI is InChI=1S/C21H36N2O5/c1-7-9-11-19(26)28-14-17(21(4,5)6)23-20(27)16(10-8-2)12-18(25)22-15(3)13-24/h7-8,15-17,24H,1-2,9-14H2,3-6H3,(H,22,25)(H,23,27). The maximum atomic E-state index is 12.8. The molecule has 3 N–H and O–H groups in total. The number of amides is 2. The van der Waals surface area contributed by atoms with Gasteiger partial charge in [-0.15, -0.1) is 13.2 Å². The minimum Gasteiger partial charge on any atom is -0.463 e. The van der Waals surface area contributed by atoms with Crippen LogP contribution >= 0.6 is 0 Å². The van der Waals surface area contributed by atoms with Crippen LogP contribution in [0.4, 0.5) is 0 Å². The molecule has 0 aromatic rings. The average Bonchev–Trinajstić information content (AvgIpc) is 2.61. The number of hydrogen-bond donors (Lipinski definition) is 3. The molecule has 0 aliphatic carbocycles. The summed E-state index contributed by atoms with van der Waals surface area (Å²) in [5.74, 6) is -1.55. The molecule has 0 aromatic heterocycles. The van der Waals surface area contributed by atoms with E-state index in [2.05, 4.69) is 23.8 Å². The van der Waals surface area contributed by atoms with Crippen LogP contribution in [0.25, 0.3) is 0 Å². The van der Waals surface area contributed by atoms with Crippen molar-refractivity contribution in [2.75, 3.05) is 13.2 Å². The van der Waals surface area contributed by atoms with Crippen molar-refractivity contribution >= 4 is 17.8 Å². The number of nitrogens with one attached hydrogen (secondary N) is 2. The number of hydrogen-bond acceptors (Lipinski definition) is 5. The van der Waals surface area contributed by atoms with Crippen LogP contribution in [0.5, 0.6) is 0 Å². The van der Waals surface area contributed by atoms with Crippen LogP contribution < -0.4 is 10.6 Å². The van der Waals surface area contributed by atoms with E-state index in [1.165, 1.54) is 0 Å². The van der Waals surface area contributed by atoms with Crippen molar-refractivity contribution < 1.29 is 24.2 Å². The Bertz CT molecular complexity index is 539. The van der Waals surface area contributed by atoms with Crippen LogP contribution in [0.15, 0.2) is 25.3 Å². The molecule has 0 spiro atoms. The summed E-state index contributed by atoms with van der Waals surface area (Å²) in [7, 11) is 0. The fraction of sp³-hybridized carbons (Fsp3) is 0.667. The largest absolute Gasteiger partial charge is 0.463 e. The lowest BCUT2D eigenvalue weighted by Gasteiger charge is -2.32. The van der Waals surface area contributed by atoms with Crippen molar-refractivity contribution in [3.63, 3.8) is 0 Å². The van der Waals surface area contributed by atoms with Crippen LogP contribution in [-0.4, -0.2) is 48.2 Å². The van der Waals surface area contributed by atoms with Crippen LogP contribution in [0.3, 0.4) is 0 Å². The molecule has 7 heteroatoms. The third kappa shape index (κ3) is 10.9. The van der Waals surface area contributed by atoms with Crippen molar-refractivity contribution in [2.45, 2.75) is 65.5 Å². The summed E-state index contributed by atoms with van der Waals surface area (Å²) in [6.45, 7) is 14.6. The summed E-state index contributed by atoms with van der Waals surface area (Å²) in [4.78, 5) is 36.6. The molecular weight excluding hydrogens is 360 g/mol. The first-order valence-corrected chi connectivity index (χ1v) is 9.63. The SMILES string of the molecule is C=CCCC(=O)OCC(NC(=O)C(CC=C)CC(=O)NC(C)CO)C(C)(C)C. The highest BCUT2D eigenvalue weighted by Gasteiger charge is 2.30. The Morgan fingerprint density at radius 3 is 2.29 bits per heavy atom. The fourth-order valence-corrected chi connectivity index (χ4v) is 2.35. The number of carbonyl (C=O) groups excluding carboxylic acids is 3. The minimum absolute atomic E-state index is 0.0157. The van der Waals surface area contributed by atoms with Crippen molar-refractivity contribution in [3.8, 4) is 0 Å². The van der Waals surface area contributed by atoms with E-state index in [1.807, 2.05) is 20.8 Å². The monoisotopic (exact) mass is 396 g/mol. The molecule has 160 valence electrons. The molecule has 7 nitrogen and oxygen atoms in total. The molecule has 2 amide bonds. The van der Waals surface area contributed by atoms with E-state index < -0.39 is 12.0 Å². The second-order valence-electron chi connectivity index (χ2n) is 8.01. The average molecular weight is 397 g/mol. The number of rotatable bonds is 13. The molecule has 0 aliphatic rings. The third-order valence-electron chi connectivity index (χ3n) is 4.26. The van der Waals surface area contributed by atoms with Crippen LogP contribution in [0.1, 0.15) is 53.4 Å². The maximum Gasteiger partial charge on any atom is 0.306 e. The van der Waals surface area contributed by atoms with Gasteiger partial charge in [0.2, 0.25) is 11.8 Å². The van der Waals surface area contributed by atoms with E-state index in [4.69, 9.17) is 9.84 Å². The van der Waals surface area contributed by atoms with Crippen molar-refractivity contribution in [3.05, 3.63) is 25.3 Å². The summed E-state index contributed by atoms with van der Waals surface area (Å²) in [5, 5.41) is 14.6. The number of ether oxygens (including phenoxy) is 1. The zero-order valence-electron chi connectivity index (χ0n) is 17.6. The number of aliphatic hydroxyl groups is 1. The second kappa shape index (κ2) is 13.1. The molecule has 3 unspecified atom stereocenters. The first kappa shape index (κ1) is 25.9. The molecule has 28 heavy (non-hydrogen) atoms. The number of allylic oxidation sites excluding steroid dienone is 2. The molecule has 3 atom stereocenters. The Kier molecular flexibility index (Phi) is 12.1. The topological polar surface area (TPSA) is 105 Å². The predicted octanol–water partition coefficient (Wildman–Crippen LogP) is 2.11. The van der Waals surface area contributed by atoms with Gasteiger partial charge >= 0.3 is 5.97 Å². The molecule has 0 saturated carbocycles. The molecule has 0 aliphatic heterocycles. The van der Waals surface area contributed by atoms with Gasteiger partial charge in [0.05, 0.1) is 18.6 Å². The zero-order valence-corrected chi connectivity index (χ0v) is 17.6.